The number of hydrogen-bond donors (Lipinski definition) is 1. The highest BCUT2D eigenvalue weighted by atomic mass is 35.5. The number of benzene rings is 1. The number of nitrogens with zero attached hydrogens (tertiary/aromatic N) is 2. The summed E-state index contributed by atoms with van der Waals surface area (Å²) in [7, 11) is 0. The lowest BCUT2D eigenvalue weighted by molar-refractivity contribution is 0.836. The molecule has 19 heavy (non-hydrogen) atoms. The summed E-state index contributed by atoms with van der Waals surface area (Å²) in [5.41, 5.74) is 8.11. The van der Waals surface area contributed by atoms with E-state index in [-0.39, 0.29) is 6.04 Å². The Hall–Kier alpha value is -1.97. The minimum Gasteiger partial charge on any atom is -0.319 e. The van der Waals surface area contributed by atoms with Crippen molar-refractivity contribution in [2.24, 2.45) is 5.73 Å². The molecule has 3 nitrogen and oxygen atoms in total. The lowest BCUT2D eigenvalue weighted by Gasteiger charge is -2.14. The molecule has 0 radical (unpaired) electrons. The Kier molecular flexibility index (Phi) is 3.15. The molecule has 1 atom stereocenters. The van der Waals surface area contributed by atoms with E-state index in [4.69, 9.17) is 17.3 Å². The fourth-order valence-electron chi connectivity index (χ4n) is 2.14. The van der Waals surface area contributed by atoms with Crippen molar-refractivity contribution in [2.75, 3.05) is 0 Å². The number of fused-ring (bicyclic) bond motifs is 1. The van der Waals surface area contributed by atoms with E-state index in [9.17, 15) is 0 Å². The molecule has 0 fully saturated rings. The number of halogens is 1. The van der Waals surface area contributed by atoms with Crippen LogP contribution in [0.25, 0.3) is 10.8 Å². The Morgan fingerprint density at radius 2 is 1.95 bits per heavy atom. The second-order valence-electron chi connectivity index (χ2n) is 4.32. The van der Waals surface area contributed by atoms with Crippen LogP contribution in [0.3, 0.4) is 0 Å². The summed E-state index contributed by atoms with van der Waals surface area (Å²) in [4.78, 5) is 8.45. The third-order valence-corrected chi connectivity index (χ3v) is 3.34. The molecule has 0 aliphatic rings. The molecule has 94 valence electrons. The second kappa shape index (κ2) is 4.96. The minimum absolute atomic E-state index is 0.287. The molecule has 3 aromatic rings. The first-order chi connectivity index (χ1) is 9.25. The third kappa shape index (κ3) is 2.30. The Labute approximate surface area is 116 Å². The summed E-state index contributed by atoms with van der Waals surface area (Å²) in [6, 6.07) is 11.4. The first-order valence-corrected chi connectivity index (χ1v) is 6.33. The number of rotatable bonds is 2. The van der Waals surface area contributed by atoms with Gasteiger partial charge in [0.2, 0.25) is 0 Å². The van der Waals surface area contributed by atoms with Gasteiger partial charge in [-0.25, -0.2) is 0 Å². The lowest BCUT2D eigenvalue weighted by Crippen LogP contribution is -2.13. The Bertz CT molecular complexity index is 705. The van der Waals surface area contributed by atoms with Crippen LogP contribution in [0.15, 0.2) is 55.0 Å². The van der Waals surface area contributed by atoms with Gasteiger partial charge in [0.05, 0.1) is 16.8 Å². The highest BCUT2D eigenvalue weighted by Crippen LogP contribution is 2.26. The van der Waals surface area contributed by atoms with Crippen molar-refractivity contribution in [3.8, 4) is 0 Å². The Balaban J connectivity index is 2.11. The van der Waals surface area contributed by atoms with Gasteiger partial charge in [-0.3, -0.25) is 9.97 Å². The van der Waals surface area contributed by atoms with Gasteiger partial charge in [0.25, 0.3) is 0 Å². The molecular formula is C15H12ClN3. The van der Waals surface area contributed by atoms with E-state index in [0.29, 0.717) is 5.02 Å². The van der Waals surface area contributed by atoms with Crippen LogP contribution in [-0.4, -0.2) is 9.97 Å². The van der Waals surface area contributed by atoms with Crippen LogP contribution < -0.4 is 5.73 Å². The van der Waals surface area contributed by atoms with Crippen molar-refractivity contribution < 1.29 is 0 Å². The summed E-state index contributed by atoms with van der Waals surface area (Å²) in [6.07, 6.45) is 5.22. The van der Waals surface area contributed by atoms with E-state index in [1.165, 1.54) is 0 Å². The van der Waals surface area contributed by atoms with E-state index < -0.39 is 0 Å². The third-order valence-electron chi connectivity index (χ3n) is 3.12. The molecule has 1 unspecified atom stereocenters. The average molecular weight is 270 g/mol. The van der Waals surface area contributed by atoms with Crippen LogP contribution in [0.1, 0.15) is 17.3 Å². The van der Waals surface area contributed by atoms with E-state index in [2.05, 4.69) is 9.97 Å². The summed E-state index contributed by atoms with van der Waals surface area (Å²) >= 11 is 5.84. The Morgan fingerprint density at radius 3 is 2.74 bits per heavy atom. The van der Waals surface area contributed by atoms with Crippen molar-refractivity contribution in [3.05, 3.63) is 71.3 Å². The van der Waals surface area contributed by atoms with Crippen LogP contribution in [-0.2, 0) is 0 Å². The Morgan fingerprint density at radius 1 is 1.05 bits per heavy atom. The van der Waals surface area contributed by atoms with Gasteiger partial charge < -0.3 is 5.73 Å². The van der Waals surface area contributed by atoms with E-state index in [0.717, 1.165) is 22.0 Å². The zero-order valence-corrected chi connectivity index (χ0v) is 10.9. The van der Waals surface area contributed by atoms with Gasteiger partial charge in [0.1, 0.15) is 0 Å². The fourth-order valence-corrected chi connectivity index (χ4v) is 2.25. The summed E-state index contributed by atoms with van der Waals surface area (Å²) in [5.74, 6) is 0. The minimum atomic E-state index is -0.287. The van der Waals surface area contributed by atoms with Gasteiger partial charge in [0, 0.05) is 24.0 Å². The van der Waals surface area contributed by atoms with Crippen molar-refractivity contribution >= 4 is 22.4 Å². The lowest BCUT2D eigenvalue weighted by atomic mass is 9.98. The molecule has 0 saturated carbocycles. The standard InChI is InChI=1S/C15H12ClN3/c16-11-4-5-14(19-8-11)15(17)12-3-1-2-10-6-7-18-9-13(10)12/h1-9,15H,17H2. The smallest absolute Gasteiger partial charge is 0.0732 e. The number of aromatic nitrogens is 2. The molecule has 3 rings (SSSR count). The van der Waals surface area contributed by atoms with Crippen LogP contribution in [0.2, 0.25) is 5.02 Å². The molecule has 2 heterocycles. The average Bonchev–Trinajstić information content (AvgIpc) is 2.47. The van der Waals surface area contributed by atoms with Crippen molar-refractivity contribution in [1.29, 1.82) is 0 Å². The molecule has 0 bridgehead atoms. The topological polar surface area (TPSA) is 51.8 Å². The van der Waals surface area contributed by atoms with Gasteiger partial charge in [-0.15, -0.1) is 0 Å². The first kappa shape index (κ1) is 12.1. The quantitative estimate of drug-likeness (QED) is 0.776. The van der Waals surface area contributed by atoms with Crippen LogP contribution in [0.5, 0.6) is 0 Å². The van der Waals surface area contributed by atoms with Crippen molar-refractivity contribution in [3.63, 3.8) is 0 Å². The van der Waals surface area contributed by atoms with E-state index in [1.807, 2.05) is 36.5 Å². The summed E-state index contributed by atoms with van der Waals surface area (Å²) in [5, 5.41) is 2.78. The molecule has 0 aliphatic carbocycles. The van der Waals surface area contributed by atoms with Crippen LogP contribution >= 0.6 is 11.6 Å². The molecule has 0 amide bonds. The zero-order valence-electron chi connectivity index (χ0n) is 10.1. The molecule has 2 N–H and O–H groups in total. The maximum Gasteiger partial charge on any atom is 0.0732 e. The van der Waals surface area contributed by atoms with Crippen LogP contribution in [0.4, 0.5) is 0 Å². The van der Waals surface area contributed by atoms with Gasteiger partial charge in [-0.1, -0.05) is 29.8 Å². The monoisotopic (exact) mass is 269 g/mol. The predicted octanol–water partition coefficient (Wildman–Crippen LogP) is 3.33. The first-order valence-electron chi connectivity index (χ1n) is 5.95. The van der Waals surface area contributed by atoms with Gasteiger partial charge in [-0.05, 0) is 29.1 Å². The molecular weight excluding hydrogens is 258 g/mol. The van der Waals surface area contributed by atoms with E-state index >= 15 is 0 Å². The zero-order chi connectivity index (χ0) is 13.2. The number of hydrogen-bond acceptors (Lipinski definition) is 3. The SMILES string of the molecule is NC(c1ccc(Cl)cn1)c1cccc2ccncc12. The van der Waals surface area contributed by atoms with Gasteiger partial charge >= 0.3 is 0 Å². The van der Waals surface area contributed by atoms with Gasteiger partial charge in [-0.2, -0.15) is 0 Å². The predicted molar refractivity (Wildman–Crippen MR) is 77.0 cm³/mol. The maximum atomic E-state index is 6.30. The molecule has 2 aromatic heterocycles. The summed E-state index contributed by atoms with van der Waals surface area (Å²) < 4.78 is 0. The second-order valence-corrected chi connectivity index (χ2v) is 4.76. The highest BCUT2D eigenvalue weighted by Gasteiger charge is 2.13. The number of nitrogens with two attached hydrogens (primary N) is 1. The normalized spacial score (nSPS) is 12.5. The largest absolute Gasteiger partial charge is 0.319 e. The van der Waals surface area contributed by atoms with Crippen molar-refractivity contribution in [1.82, 2.24) is 9.97 Å². The maximum absolute atomic E-state index is 6.30. The molecule has 0 aliphatic heterocycles. The summed E-state index contributed by atoms with van der Waals surface area (Å²) in [6.45, 7) is 0. The van der Waals surface area contributed by atoms with Gasteiger partial charge in [0.15, 0.2) is 0 Å². The molecule has 4 heteroatoms. The van der Waals surface area contributed by atoms with Crippen LogP contribution in [0, 0.1) is 0 Å². The number of pyridine rings is 2. The fraction of sp³-hybridized carbons (Fsp3) is 0.0667. The molecule has 0 spiro atoms. The molecule has 1 aromatic carbocycles. The van der Waals surface area contributed by atoms with Crippen molar-refractivity contribution in [2.45, 2.75) is 6.04 Å². The van der Waals surface area contributed by atoms with E-state index in [1.54, 1.807) is 18.5 Å². The molecule has 0 saturated heterocycles. The highest BCUT2D eigenvalue weighted by molar-refractivity contribution is 6.30.